The smallest absolute Gasteiger partial charge is 0.397 e. The molecule has 6 N–H and O–H groups in total. The Kier molecular flexibility index (Phi) is 4.71. The lowest BCUT2D eigenvalue weighted by molar-refractivity contribution is -0.730. The highest BCUT2D eigenvalue weighted by atomic mass is 32.1. The molecule has 0 atom stereocenters. The minimum atomic E-state index is -0.710. The minimum absolute atomic E-state index is 0.0270. The third kappa shape index (κ3) is 3.19. The van der Waals surface area contributed by atoms with Gasteiger partial charge in [-0.2, -0.15) is 5.26 Å². The number of fused-ring (bicyclic) bond motifs is 1. The van der Waals surface area contributed by atoms with E-state index in [0.29, 0.717) is 15.9 Å². The van der Waals surface area contributed by atoms with E-state index in [1.807, 2.05) is 38.1 Å². The maximum absolute atomic E-state index is 13.0. The van der Waals surface area contributed by atoms with Gasteiger partial charge in [-0.25, -0.2) is 9.78 Å². The van der Waals surface area contributed by atoms with Crippen molar-refractivity contribution in [3.05, 3.63) is 50.2 Å². The number of nitriles is 1. The molecule has 4 aromatic rings. The summed E-state index contributed by atoms with van der Waals surface area (Å²) in [5, 5.41) is 15.2. The summed E-state index contributed by atoms with van der Waals surface area (Å²) in [7, 11) is 1.54. The third-order valence-corrected chi connectivity index (χ3v) is 5.99. The molecule has 0 saturated heterocycles. The number of H-pyrrole nitrogens is 1. The number of carbonyl (C=O) groups is 1. The van der Waals surface area contributed by atoms with E-state index in [-0.39, 0.29) is 33.2 Å². The zero-order chi connectivity index (χ0) is 22.4. The van der Waals surface area contributed by atoms with E-state index in [1.165, 1.54) is 4.68 Å². The summed E-state index contributed by atoms with van der Waals surface area (Å²) < 4.78 is 6.14. The fourth-order valence-corrected chi connectivity index (χ4v) is 4.44. The number of aryl methyl sites for hydroxylation is 3. The quantitative estimate of drug-likeness (QED) is 0.356. The molecule has 3 heterocycles. The van der Waals surface area contributed by atoms with Crippen molar-refractivity contribution in [2.75, 3.05) is 16.8 Å². The number of nitrogens with one attached hydrogen (secondary N) is 2. The van der Waals surface area contributed by atoms with E-state index in [0.717, 1.165) is 22.5 Å². The molecule has 0 fully saturated rings. The van der Waals surface area contributed by atoms with Crippen molar-refractivity contribution < 1.29 is 14.0 Å². The number of aromatic amines is 1. The number of amides is 1. The van der Waals surface area contributed by atoms with Crippen LogP contribution in [0.5, 0.6) is 0 Å². The average molecular weight is 436 g/mol. The molecular formula is C20H18N7O3S+. The van der Waals surface area contributed by atoms with Gasteiger partial charge in [0.15, 0.2) is 7.05 Å². The highest BCUT2D eigenvalue weighted by Crippen LogP contribution is 2.41. The van der Waals surface area contributed by atoms with E-state index in [9.17, 15) is 14.9 Å². The molecule has 3 aromatic heterocycles. The number of anilines is 3. The average Bonchev–Trinajstić information content (AvgIpc) is 3.22. The van der Waals surface area contributed by atoms with E-state index < -0.39 is 11.5 Å². The van der Waals surface area contributed by atoms with Crippen LogP contribution in [0.25, 0.3) is 21.5 Å². The molecule has 10 nitrogen and oxygen atoms in total. The first-order valence-electron chi connectivity index (χ1n) is 9.11. The third-order valence-electron chi connectivity index (χ3n) is 4.89. The summed E-state index contributed by atoms with van der Waals surface area (Å²) in [6.45, 7) is 3.85. The summed E-state index contributed by atoms with van der Waals surface area (Å²) in [4.78, 5) is 30.1. The molecule has 0 aliphatic carbocycles. The van der Waals surface area contributed by atoms with Crippen molar-refractivity contribution in [3.8, 4) is 17.3 Å². The Hall–Kier alpha value is -4.17. The van der Waals surface area contributed by atoms with Crippen LogP contribution in [0.2, 0.25) is 0 Å². The van der Waals surface area contributed by atoms with Crippen molar-refractivity contribution in [2.24, 2.45) is 7.05 Å². The van der Waals surface area contributed by atoms with Gasteiger partial charge in [0.25, 0.3) is 5.91 Å². The predicted octanol–water partition coefficient (Wildman–Crippen LogP) is 1.97. The Morgan fingerprint density at radius 2 is 2.10 bits per heavy atom. The van der Waals surface area contributed by atoms with Crippen LogP contribution in [0.4, 0.5) is 17.2 Å². The van der Waals surface area contributed by atoms with Crippen molar-refractivity contribution in [3.63, 3.8) is 0 Å². The number of carbonyl (C=O) groups excluding carboxylic acids is 1. The summed E-state index contributed by atoms with van der Waals surface area (Å²) in [5.41, 5.74) is 14.5. The lowest BCUT2D eigenvalue weighted by Crippen LogP contribution is -2.34. The van der Waals surface area contributed by atoms with Crippen molar-refractivity contribution in [2.45, 2.75) is 13.8 Å². The molecular weight excluding hydrogens is 418 g/mol. The number of rotatable bonds is 3. The first-order valence-corrected chi connectivity index (χ1v) is 9.92. The molecule has 1 aromatic carbocycles. The summed E-state index contributed by atoms with van der Waals surface area (Å²) in [6, 6.07) is 7.63. The molecule has 4 rings (SSSR count). The van der Waals surface area contributed by atoms with Crippen LogP contribution >= 0.6 is 11.3 Å². The molecule has 31 heavy (non-hydrogen) atoms. The van der Waals surface area contributed by atoms with Crippen LogP contribution in [0.3, 0.4) is 0 Å². The van der Waals surface area contributed by atoms with Crippen LogP contribution < -0.4 is 27.1 Å². The molecule has 156 valence electrons. The van der Waals surface area contributed by atoms with E-state index >= 15 is 0 Å². The first kappa shape index (κ1) is 20.1. The molecule has 11 heteroatoms. The molecule has 1 amide bonds. The minimum Gasteiger partial charge on any atom is -0.397 e. The van der Waals surface area contributed by atoms with Crippen LogP contribution in [-0.4, -0.2) is 16.2 Å². The number of hydrogen-bond donors (Lipinski definition) is 4. The second kappa shape index (κ2) is 7.26. The largest absolute Gasteiger partial charge is 0.435 e. The van der Waals surface area contributed by atoms with E-state index in [1.54, 1.807) is 7.05 Å². The van der Waals surface area contributed by atoms with Gasteiger partial charge in [-0.05, 0) is 30.7 Å². The molecule has 0 radical (unpaired) electrons. The Morgan fingerprint density at radius 3 is 2.71 bits per heavy atom. The van der Waals surface area contributed by atoms with E-state index in [2.05, 4.69) is 15.6 Å². The van der Waals surface area contributed by atoms with Gasteiger partial charge in [0, 0.05) is 5.69 Å². The number of thiophene rings is 1. The second-order valence-electron chi connectivity index (χ2n) is 7.04. The standard InChI is InChI=1S/C20H17N7O3S/c1-8-4-5-11(9(2)6-8)24-18(28)16-14(22)13-12(15-20(29)30-26-27(15)3)10(7-21)17(23)25-19(13)31-16/h4-6H,1-3H3,(H5-,22,23,24,25,26,28,29)/p+1. The van der Waals surface area contributed by atoms with Crippen LogP contribution in [0.15, 0.2) is 27.5 Å². The van der Waals surface area contributed by atoms with Gasteiger partial charge in [-0.1, -0.05) is 22.4 Å². The van der Waals surface area contributed by atoms with Crippen molar-refractivity contribution >= 4 is 44.7 Å². The predicted molar refractivity (Wildman–Crippen MR) is 117 cm³/mol. The SMILES string of the molecule is Cc1ccc(NC(=O)c2sc3nc(N)c(C#N)c(-c4c(=O)o[nH][n+]4C)c3c2N)c(C)c1. The van der Waals surface area contributed by atoms with Gasteiger partial charge in [-0.15, -0.1) is 11.3 Å². The monoisotopic (exact) mass is 436 g/mol. The fourth-order valence-electron chi connectivity index (χ4n) is 3.43. The first-order chi connectivity index (χ1) is 14.7. The lowest BCUT2D eigenvalue weighted by atomic mass is 10.0. The number of pyridine rings is 1. The maximum atomic E-state index is 13.0. The Balaban J connectivity index is 1.93. The zero-order valence-electron chi connectivity index (χ0n) is 16.9. The number of nitrogens with zero attached hydrogens (tertiary/aromatic N) is 3. The van der Waals surface area contributed by atoms with Gasteiger partial charge in [-0.3, -0.25) is 9.32 Å². The van der Waals surface area contributed by atoms with E-state index in [4.69, 9.17) is 16.0 Å². The van der Waals surface area contributed by atoms with Crippen LogP contribution in [-0.2, 0) is 7.05 Å². The van der Waals surface area contributed by atoms with Gasteiger partial charge < -0.3 is 16.8 Å². The highest BCUT2D eigenvalue weighted by Gasteiger charge is 2.32. The number of hydrogen-bond acceptors (Lipinski definition) is 8. The van der Waals surface area contributed by atoms with Gasteiger partial charge >= 0.3 is 11.3 Å². The topological polar surface area (TPSA) is 168 Å². The Labute approximate surface area is 179 Å². The number of nitrogens with two attached hydrogens (primary N) is 2. The maximum Gasteiger partial charge on any atom is 0.435 e. The zero-order valence-corrected chi connectivity index (χ0v) is 17.7. The molecule has 0 saturated carbocycles. The number of benzene rings is 1. The number of nitrogen functional groups attached to an aromatic ring is 2. The molecule has 0 aliphatic heterocycles. The fraction of sp³-hybridized carbons (Fsp3) is 0.150. The molecule has 0 bridgehead atoms. The van der Waals surface area contributed by atoms with Crippen molar-refractivity contribution in [1.82, 2.24) is 10.3 Å². The van der Waals surface area contributed by atoms with Gasteiger partial charge in [0.1, 0.15) is 27.2 Å². The Bertz CT molecular complexity index is 1470. The second-order valence-corrected chi connectivity index (χ2v) is 8.04. The van der Waals surface area contributed by atoms with Gasteiger partial charge in [0.05, 0.1) is 16.6 Å². The van der Waals surface area contributed by atoms with Crippen molar-refractivity contribution in [1.29, 1.82) is 5.26 Å². The normalized spacial score (nSPS) is 10.9. The molecule has 0 unspecified atom stereocenters. The summed E-state index contributed by atoms with van der Waals surface area (Å²) in [6.07, 6.45) is 0. The molecule has 0 aliphatic rings. The van der Waals surface area contributed by atoms with Crippen LogP contribution in [0.1, 0.15) is 26.4 Å². The molecule has 0 spiro atoms. The van der Waals surface area contributed by atoms with Crippen LogP contribution in [0, 0.1) is 25.2 Å². The summed E-state index contributed by atoms with van der Waals surface area (Å²) in [5.74, 6) is -0.505. The Morgan fingerprint density at radius 1 is 1.35 bits per heavy atom. The number of aromatic nitrogens is 3. The van der Waals surface area contributed by atoms with Gasteiger partial charge in [0.2, 0.25) is 0 Å². The summed E-state index contributed by atoms with van der Waals surface area (Å²) >= 11 is 1.03. The lowest BCUT2D eigenvalue weighted by Gasteiger charge is -2.08. The highest BCUT2D eigenvalue weighted by molar-refractivity contribution is 7.21.